The predicted molar refractivity (Wildman–Crippen MR) is 101 cm³/mol. The van der Waals surface area contributed by atoms with Crippen LogP contribution in [0.15, 0.2) is 24.3 Å². The Balaban J connectivity index is 1.26. The summed E-state index contributed by atoms with van der Waals surface area (Å²) >= 11 is 0. The third kappa shape index (κ3) is 2.58. The summed E-state index contributed by atoms with van der Waals surface area (Å²) in [6, 6.07) is 9.31. The normalized spacial score (nSPS) is 36.0. The van der Waals surface area contributed by atoms with Crippen LogP contribution in [0.2, 0.25) is 0 Å². The van der Waals surface area contributed by atoms with Gasteiger partial charge in [-0.05, 0) is 61.0 Å². The van der Waals surface area contributed by atoms with E-state index in [1.165, 1.54) is 24.0 Å². The van der Waals surface area contributed by atoms with Crippen molar-refractivity contribution in [3.63, 3.8) is 0 Å². The highest BCUT2D eigenvalue weighted by Gasteiger charge is 2.60. The molecular formula is C22H28N2O3. The van der Waals surface area contributed by atoms with Gasteiger partial charge in [0, 0.05) is 19.0 Å². The average molecular weight is 368 g/mol. The maximum absolute atomic E-state index is 12.4. The predicted octanol–water partition coefficient (Wildman–Crippen LogP) is 3.33. The summed E-state index contributed by atoms with van der Waals surface area (Å²) in [6.45, 7) is 2.79. The van der Waals surface area contributed by atoms with Crippen LogP contribution < -0.4 is 5.32 Å². The molecule has 27 heavy (non-hydrogen) atoms. The van der Waals surface area contributed by atoms with Gasteiger partial charge in [0.2, 0.25) is 5.91 Å². The first kappa shape index (κ1) is 17.1. The van der Waals surface area contributed by atoms with E-state index in [-0.39, 0.29) is 29.5 Å². The van der Waals surface area contributed by atoms with Gasteiger partial charge in [0.25, 0.3) is 0 Å². The number of benzene rings is 1. The molecule has 2 amide bonds. The number of hydrogen-bond donors (Lipinski definition) is 1. The van der Waals surface area contributed by atoms with Crippen molar-refractivity contribution in [2.24, 2.45) is 5.92 Å². The summed E-state index contributed by atoms with van der Waals surface area (Å²) in [5.41, 5.74) is 3.03. The van der Waals surface area contributed by atoms with Crippen molar-refractivity contribution >= 4 is 12.0 Å². The smallest absolute Gasteiger partial charge is 0.410 e. The number of carbonyl (C=O) groups is 2. The zero-order valence-corrected chi connectivity index (χ0v) is 16.2. The molecule has 3 aliphatic carbocycles. The van der Waals surface area contributed by atoms with Gasteiger partial charge in [-0.3, -0.25) is 9.69 Å². The second-order valence-corrected chi connectivity index (χ2v) is 9.38. The molecular weight excluding hydrogens is 340 g/mol. The van der Waals surface area contributed by atoms with E-state index in [1.54, 1.807) is 7.05 Å². The molecule has 0 bridgehead atoms. The third-order valence-electron chi connectivity index (χ3n) is 7.58. The first-order valence-electron chi connectivity index (χ1n) is 10.2. The van der Waals surface area contributed by atoms with Crippen LogP contribution in [0.25, 0.3) is 0 Å². The monoisotopic (exact) mass is 368 g/mol. The van der Waals surface area contributed by atoms with E-state index in [1.807, 2.05) is 4.90 Å². The van der Waals surface area contributed by atoms with Gasteiger partial charge in [-0.25, -0.2) is 4.79 Å². The Labute approximate surface area is 160 Å². The van der Waals surface area contributed by atoms with Crippen molar-refractivity contribution < 1.29 is 14.3 Å². The number of ether oxygens (including phenoxy) is 1. The van der Waals surface area contributed by atoms with Crippen molar-refractivity contribution in [1.82, 2.24) is 10.2 Å². The molecule has 0 radical (unpaired) electrons. The highest BCUT2D eigenvalue weighted by Crippen LogP contribution is 2.53. The Morgan fingerprint density at radius 2 is 2.00 bits per heavy atom. The molecule has 144 valence electrons. The molecule has 1 heterocycles. The van der Waals surface area contributed by atoms with E-state index in [0.29, 0.717) is 17.9 Å². The zero-order valence-electron chi connectivity index (χ0n) is 16.2. The molecule has 3 saturated carbocycles. The standard InChI is InChI=1S/C22H28N2O3/c1-21(6-7-21)17-5-3-4-14(8-17)15-9-18(10-15)24-20(26)27-13-22(24)11-16(12-22)19(25)23-2/h3-5,8,15-16,18H,6-7,9-13H2,1-2H3,(H,23,25). The van der Waals surface area contributed by atoms with Crippen LogP contribution in [0.4, 0.5) is 4.79 Å². The van der Waals surface area contributed by atoms with E-state index < -0.39 is 0 Å². The molecule has 4 fully saturated rings. The minimum absolute atomic E-state index is 0.0128. The Morgan fingerprint density at radius 1 is 1.26 bits per heavy atom. The quantitative estimate of drug-likeness (QED) is 0.887. The lowest BCUT2D eigenvalue weighted by Crippen LogP contribution is -2.63. The van der Waals surface area contributed by atoms with Gasteiger partial charge in [0.1, 0.15) is 6.61 Å². The Hall–Kier alpha value is -2.04. The average Bonchev–Trinajstić information content (AvgIpc) is 3.27. The van der Waals surface area contributed by atoms with Gasteiger partial charge < -0.3 is 10.1 Å². The SMILES string of the molecule is CNC(=O)C1CC2(COC(=O)N2C2CC(c3cccc(C4(C)CC4)c3)C2)C1. The molecule has 0 aromatic heterocycles. The minimum Gasteiger partial charge on any atom is -0.447 e. The Bertz CT molecular complexity index is 789. The van der Waals surface area contributed by atoms with Gasteiger partial charge >= 0.3 is 6.09 Å². The van der Waals surface area contributed by atoms with Crippen LogP contribution in [0, 0.1) is 5.92 Å². The highest BCUT2D eigenvalue weighted by molar-refractivity contribution is 5.81. The van der Waals surface area contributed by atoms with E-state index >= 15 is 0 Å². The summed E-state index contributed by atoms with van der Waals surface area (Å²) in [5.74, 6) is 0.619. The van der Waals surface area contributed by atoms with Crippen molar-refractivity contribution in [1.29, 1.82) is 0 Å². The van der Waals surface area contributed by atoms with E-state index in [2.05, 4.69) is 36.5 Å². The van der Waals surface area contributed by atoms with Crippen molar-refractivity contribution in [2.45, 2.75) is 68.4 Å². The molecule has 5 nitrogen and oxygen atoms in total. The second-order valence-electron chi connectivity index (χ2n) is 9.38. The summed E-state index contributed by atoms with van der Waals surface area (Å²) in [7, 11) is 1.67. The number of hydrogen-bond acceptors (Lipinski definition) is 3. The summed E-state index contributed by atoms with van der Waals surface area (Å²) in [4.78, 5) is 26.3. The van der Waals surface area contributed by atoms with Crippen LogP contribution in [0.5, 0.6) is 0 Å². The lowest BCUT2D eigenvalue weighted by Gasteiger charge is -2.53. The lowest BCUT2D eigenvalue weighted by atomic mass is 9.65. The van der Waals surface area contributed by atoms with Crippen LogP contribution in [-0.2, 0) is 14.9 Å². The molecule has 1 aromatic rings. The van der Waals surface area contributed by atoms with Crippen molar-refractivity contribution in [2.75, 3.05) is 13.7 Å². The van der Waals surface area contributed by atoms with Crippen LogP contribution in [-0.4, -0.2) is 42.1 Å². The Kier molecular flexibility index (Phi) is 3.62. The van der Waals surface area contributed by atoms with Crippen molar-refractivity contribution in [3.8, 4) is 0 Å². The Morgan fingerprint density at radius 3 is 2.67 bits per heavy atom. The largest absolute Gasteiger partial charge is 0.447 e. The van der Waals surface area contributed by atoms with Gasteiger partial charge in [-0.2, -0.15) is 0 Å². The van der Waals surface area contributed by atoms with E-state index in [0.717, 1.165) is 25.7 Å². The number of rotatable bonds is 4. The van der Waals surface area contributed by atoms with E-state index in [4.69, 9.17) is 4.74 Å². The fourth-order valence-corrected chi connectivity index (χ4v) is 5.34. The van der Waals surface area contributed by atoms with Gasteiger partial charge in [0.15, 0.2) is 0 Å². The summed E-state index contributed by atoms with van der Waals surface area (Å²) in [6.07, 6.45) is 5.86. The molecule has 0 unspecified atom stereocenters. The number of nitrogens with zero attached hydrogens (tertiary/aromatic N) is 1. The molecule has 5 heteroatoms. The molecule has 1 saturated heterocycles. The number of carbonyl (C=O) groups excluding carboxylic acids is 2. The second kappa shape index (κ2) is 5.73. The van der Waals surface area contributed by atoms with Gasteiger partial charge in [-0.15, -0.1) is 0 Å². The number of amides is 2. The topological polar surface area (TPSA) is 58.6 Å². The van der Waals surface area contributed by atoms with Crippen LogP contribution in [0.3, 0.4) is 0 Å². The first-order chi connectivity index (χ1) is 12.9. The molecule has 1 aliphatic heterocycles. The van der Waals surface area contributed by atoms with Crippen molar-refractivity contribution in [3.05, 3.63) is 35.4 Å². The zero-order chi connectivity index (χ0) is 18.8. The molecule has 1 aromatic carbocycles. The molecule has 1 spiro atoms. The summed E-state index contributed by atoms with van der Waals surface area (Å²) < 4.78 is 5.41. The maximum Gasteiger partial charge on any atom is 0.410 e. The van der Waals surface area contributed by atoms with Crippen LogP contribution >= 0.6 is 0 Å². The minimum atomic E-state index is -0.243. The van der Waals surface area contributed by atoms with E-state index in [9.17, 15) is 9.59 Å². The fourth-order valence-electron chi connectivity index (χ4n) is 5.34. The molecule has 1 N–H and O–H groups in total. The highest BCUT2D eigenvalue weighted by atomic mass is 16.6. The maximum atomic E-state index is 12.4. The summed E-state index contributed by atoms with van der Waals surface area (Å²) in [5, 5.41) is 2.72. The van der Waals surface area contributed by atoms with Crippen LogP contribution in [0.1, 0.15) is 62.5 Å². The molecule has 0 atom stereocenters. The third-order valence-corrected chi connectivity index (χ3v) is 7.58. The lowest BCUT2D eigenvalue weighted by molar-refractivity contribution is -0.133. The first-order valence-corrected chi connectivity index (χ1v) is 10.2. The van der Waals surface area contributed by atoms with Gasteiger partial charge in [-0.1, -0.05) is 31.2 Å². The number of cyclic esters (lactones) is 1. The molecule has 4 aliphatic rings. The molecule has 5 rings (SSSR count). The van der Waals surface area contributed by atoms with Gasteiger partial charge in [0.05, 0.1) is 5.54 Å². The number of nitrogens with one attached hydrogen (secondary N) is 1. The fraction of sp³-hybridized carbons (Fsp3) is 0.636.